The highest BCUT2D eigenvalue weighted by Crippen LogP contribution is 2.13. The molecule has 0 saturated carbocycles. The van der Waals surface area contributed by atoms with Crippen LogP contribution in [0.4, 0.5) is 17.6 Å². The topological polar surface area (TPSA) is 93.7 Å². The van der Waals surface area contributed by atoms with E-state index in [0.29, 0.717) is 0 Å². The van der Waals surface area contributed by atoms with Crippen LogP contribution in [0.15, 0.2) is 24.8 Å². The second kappa shape index (κ2) is 6.74. The van der Waals surface area contributed by atoms with E-state index in [4.69, 9.17) is 5.73 Å². The number of nitrogen functional groups attached to an aromatic ring is 1. The number of anilines is 3. The van der Waals surface area contributed by atoms with E-state index in [2.05, 4.69) is 39.4 Å². The molecule has 0 aliphatic carbocycles. The second-order valence-corrected chi connectivity index (χ2v) is 4.73. The summed E-state index contributed by atoms with van der Waals surface area (Å²) in [6, 6.07) is 2.08. The Bertz CT molecular complexity index is 524. The van der Waals surface area contributed by atoms with Gasteiger partial charge in [-0.25, -0.2) is 4.98 Å². The maximum Gasteiger partial charge on any atom is 0.223 e. The van der Waals surface area contributed by atoms with E-state index in [9.17, 15) is 0 Å². The third-order valence-electron chi connectivity index (χ3n) is 2.74. The third kappa shape index (κ3) is 4.11. The average molecular weight is 275 g/mol. The van der Waals surface area contributed by atoms with Crippen molar-refractivity contribution >= 4 is 17.6 Å². The highest BCUT2D eigenvalue weighted by molar-refractivity contribution is 5.51. The molecule has 2 heterocycles. The normalized spacial score (nSPS) is 12.1. The van der Waals surface area contributed by atoms with Crippen molar-refractivity contribution in [3.05, 3.63) is 24.8 Å². The first-order valence-corrected chi connectivity index (χ1v) is 6.78. The van der Waals surface area contributed by atoms with Gasteiger partial charge in [0.1, 0.15) is 11.6 Å². The number of aromatic nitrogens is 4. The third-order valence-corrected chi connectivity index (χ3v) is 2.74. The van der Waals surface area contributed by atoms with Crippen LogP contribution in [-0.4, -0.2) is 32.1 Å². The Morgan fingerprint density at radius 3 is 2.85 bits per heavy atom. The van der Waals surface area contributed by atoms with Crippen molar-refractivity contribution < 1.29 is 0 Å². The Kier molecular flexibility index (Phi) is 4.75. The maximum atomic E-state index is 5.73. The molecule has 7 heteroatoms. The van der Waals surface area contributed by atoms with Gasteiger partial charge >= 0.3 is 0 Å². The van der Waals surface area contributed by atoms with E-state index in [1.54, 1.807) is 12.5 Å². The molecule has 20 heavy (non-hydrogen) atoms. The van der Waals surface area contributed by atoms with Gasteiger partial charge in [-0.05, 0) is 13.3 Å². The van der Waals surface area contributed by atoms with E-state index >= 15 is 0 Å². The summed E-state index contributed by atoms with van der Waals surface area (Å²) >= 11 is 0. The van der Waals surface area contributed by atoms with E-state index < -0.39 is 0 Å². The molecule has 4 N–H and O–H groups in total. The summed E-state index contributed by atoms with van der Waals surface area (Å²) in [6.45, 7) is 5.85. The van der Waals surface area contributed by atoms with Gasteiger partial charge in [-0.2, -0.15) is 9.97 Å². The van der Waals surface area contributed by atoms with Crippen molar-refractivity contribution in [3.63, 3.8) is 0 Å². The van der Waals surface area contributed by atoms with Gasteiger partial charge < -0.3 is 20.9 Å². The molecule has 0 aliphatic heterocycles. The van der Waals surface area contributed by atoms with E-state index in [1.807, 2.05) is 16.8 Å². The molecule has 2 aromatic rings. The predicted octanol–water partition coefficient (Wildman–Crippen LogP) is 1.58. The molecular weight excluding hydrogens is 254 g/mol. The van der Waals surface area contributed by atoms with Crippen LogP contribution < -0.4 is 16.4 Å². The Morgan fingerprint density at radius 2 is 2.15 bits per heavy atom. The summed E-state index contributed by atoms with van der Waals surface area (Å²) in [5.41, 5.74) is 5.73. The number of nitrogens with one attached hydrogen (secondary N) is 2. The molecule has 0 aromatic carbocycles. The molecule has 0 spiro atoms. The summed E-state index contributed by atoms with van der Waals surface area (Å²) in [5, 5.41) is 6.53. The molecule has 0 radical (unpaired) electrons. The minimum atomic E-state index is 0.206. The Hall–Kier alpha value is -2.31. The van der Waals surface area contributed by atoms with E-state index in [-0.39, 0.29) is 12.0 Å². The van der Waals surface area contributed by atoms with Crippen molar-refractivity contribution in [1.29, 1.82) is 0 Å². The highest BCUT2D eigenvalue weighted by Gasteiger charge is 2.06. The Labute approximate surface area is 118 Å². The zero-order chi connectivity index (χ0) is 14.4. The minimum absolute atomic E-state index is 0.206. The van der Waals surface area contributed by atoms with Gasteiger partial charge in [0.2, 0.25) is 5.95 Å². The molecule has 0 aliphatic rings. The summed E-state index contributed by atoms with van der Waals surface area (Å²) in [4.78, 5) is 12.4. The number of nitrogens with zero attached hydrogens (tertiary/aromatic N) is 4. The molecule has 2 aromatic heterocycles. The van der Waals surface area contributed by atoms with Gasteiger partial charge in [-0.1, -0.05) is 6.92 Å². The maximum absolute atomic E-state index is 5.73. The zero-order valence-corrected chi connectivity index (χ0v) is 11.9. The van der Waals surface area contributed by atoms with E-state index in [1.165, 1.54) is 0 Å². The molecule has 108 valence electrons. The summed E-state index contributed by atoms with van der Waals surface area (Å²) in [6.07, 6.45) is 6.52. The van der Waals surface area contributed by atoms with Crippen LogP contribution in [0, 0.1) is 0 Å². The van der Waals surface area contributed by atoms with Gasteiger partial charge in [0.05, 0.1) is 6.33 Å². The van der Waals surface area contributed by atoms with Crippen LogP contribution in [0.5, 0.6) is 0 Å². The fourth-order valence-electron chi connectivity index (χ4n) is 1.89. The number of hydrogen-bond acceptors (Lipinski definition) is 6. The van der Waals surface area contributed by atoms with Gasteiger partial charge in [-0.15, -0.1) is 0 Å². The van der Waals surface area contributed by atoms with Crippen LogP contribution in [0.2, 0.25) is 0 Å². The first-order chi connectivity index (χ1) is 9.67. The lowest BCUT2D eigenvalue weighted by Gasteiger charge is -2.16. The van der Waals surface area contributed by atoms with Crippen LogP contribution >= 0.6 is 0 Å². The van der Waals surface area contributed by atoms with Crippen LogP contribution in [-0.2, 0) is 6.54 Å². The van der Waals surface area contributed by atoms with Gasteiger partial charge in [0, 0.05) is 37.6 Å². The molecule has 0 saturated heterocycles. The van der Waals surface area contributed by atoms with Gasteiger partial charge in [0.25, 0.3) is 0 Å². The summed E-state index contributed by atoms with van der Waals surface area (Å²) in [5.74, 6) is 1.74. The molecule has 7 nitrogen and oxygen atoms in total. The summed E-state index contributed by atoms with van der Waals surface area (Å²) < 4.78 is 2.01. The summed E-state index contributed by atoms with van der Waals surface area (Å²) in [7, 11) is 0. The van der Waals surface area contributed by atoms with E-state index in [0.717, 1.165) is 31.1 Å². The first kappa shape index (κ1) is 14.1. The molecule has 2 rings (SSSR count). The van der Waals surface area contributed by atoms with Crippen molar-refractivity contribution in [1.82, 2.24) is 19.5 Å². The first-order valence-electron chi connectivity index (χ1n) is 6.78. The number of hydrogen-bond donors (Lipinski definition) is 3. The van der Waals surface area contributed by atoms with Crippen LogP contribution in [0.25, 0.3) is 0 Å². The average Bonchev–Trinajstić information content (AvgIpc) is 2.88. The van der Waals surface area contributed by atoms with Crippen molar-refractivity contribution in [2.45, 2.75) is 32.9 Å². The molecular formula is C13H21N7. The molecule has 0 fully saturated rings. The van der Waals surface area contributed by atoms with Crippen molar-refractivity contribution in [2.24, 2.45) is 0 Å². The Morgan fingerprint density at radius 1 is 1.35 bits per heavy atom. The lowest BCUT2D eigenvalue weighted by Crippen LogP contribution is -2.22. The number of nitrogens with two attached hydrogens (primary N) is 1. The molecule has 1 atom stereocenters. The minimum Gasteiger partial charge on any atom is -0.370 e. The monoisotopic (exact) mass is 275 g/mol. The fraction of sp³-hybridized carbons (Fsp3) is 0.462. The predicted molar refractivity (Wildman–Crippen MR) is 80.5 cm³/mol. The number of imidazole rings is 1. The largest absolute Gasteiger partial charge is 0.370 e. The number of rotatable bonds is 7. The molecule has 0 amide bonds. The van der Waals surface area contributed by atoms with Gasteiger partial charge in [0.15, 0.2) is 0 Å². The second-order valence-electron chi connectivity index (χ2n) is 4.73. The quantitative estimate of drug-likeness (QED) is 0.710. The standard InChI is InChI=1S/C13H21N7/c1-3-4-16-11-7-12(19-13(14)18-11)17-10(2)8-20-6-5-15-9-20/h5-7,9-10H,3-4,8H2,1-2H3,(H4,14,16,17,18,19). The lowest BCUT2D eigenvalue weighted by molar-refractivity contribution is 0.617. The smallest absolute Gasteiger partial charge is 0.223 e. The van der Waals surface area contributed by atoms with Crippen LogP contribution in [0.3, 0.4) is 0 Å². The van der Waals surface area contributed by atoms with Crippen LogP contribution in [0.1, 0.15) is 20.3 Å². The Balaban J connectivity index is 1.98. The van der Waals surface area contributed by atoms with Gasteiger partial charge in [-0.3, -0.25) is 0 Å². The highest BCUT2D eigenvalue weighted by atomic mass is 15.1. The SMILES string of the molecule is CCCNc1cc(NC(C)Cn2ccnc2)nc(N)n1. The van der Waals surface area contributed by atoms with Crippen molar-refractivity contribution in [2.75, 3.05) is 22.9 Å². The molecule has 0 bridgehead atoms. The van der Waals surface area contributed by atoms with Crippen molar-refractivity contribution in [3.8, 4) is 0 Å². The lowest BCUT2D eigenvalue weighted by atomic mass is 10.3. The molecule has 1 unspecified atom stereocenters. The fourth-order valence-corrected chi connectivity index (χ4v) is 1.89. The zero-order valence-electron chi connectivity index (χ0n) is 11.9.